The van der Waals surface area contributed by atoms with E-state index in [1.54, 1.807) is 24.5 Å². The summed E-state index contributed by atoms with van der Waals surface area (Å²) in [6.45, 7) is 8.71. The van der Waals surface area contributed by atoms with Crippen molar-refractivity contribution >= 4 is 17.3 Å². The maximum absolute atomic E-state index is 14.5. The van der Waals surface area contributed by atoms with Gasteiger partial charge in [-0.15, -0.1) is 0 Å². The number of amides is 1. The first-order valence-corrected chi connectivity index (χ1v) is 13.5. The van der Waals surface area contributed by atoms with Crippen molar-refractivity contribution in [2.75, 3.05) is 45.2 Å². The third-order valence-corrected chi connectivity index (χ3v) is 7.78. The number of rotatable bonds is 9. The average molecular weight is 522 g/mol. The summed E-state index contributed by atoms with van der Waals surface area (Å²) in [5.74, 6) is 0.673. The van der Waals surface area contributed by atoms with E-state index in [0.717, 1.165) is 50.2 Å². The highest BCUT2D eigenvalue weighted by atomic mass is 19.1. The van der Waals surface area contributed by atoms with Crippen molar-refractivity contribution in [3.8, 4) is 22.8 Å². The molecule has 1 aromatic carbocycles. The highest BCUT2D eigenvalue weighted by molar-refractivity contribution is 6.07. The van der Waals surface area contributed by atoms with Crippen LogP contribution in [-0.2, 0) is 0 Å². The number of nitrogens with one attached hydrogen (secondary N) is 3. The van der Waals surface area contributed by atoms with E-state index in [4.69, 9.17) is 9.47 Å². The van der Waals surface area contributed by atoms with E-state index in [1.165, 1.54) is 13.2 Å². The molecule has 9 heteroatoms. The van der Waals surface area contributed by atoms with E-state index >= 15 is 0 Å². The lowest BCUT2D eigenvalue weighted by molar-refractivity contribution is 0.0940. The first kappa shape index (κ1) is 26.0. The molecule has 0 radical (unpaired) electrons. The zero-order valence-corrected chi connectivity index (χ0v) is 22.3. The zero-order chi connectivity index (χ0) is 26.6. The quantitative estimate of drug-likeness (QED) is 0.353. The molecule has 0 aliphatic carbocycles. The van der Waals surface area contributed by atoms with Crippen LogP contribution in [0.3, 0.4) is 0 Å². The summed E-state index contributed by atoms with van der Waals surface area (Å²) in [6, 6.07) is 6.57. The number of hydrogen-bond donors (Lipinski definition) is 3. The van der Waals surface area contributed by atoms with Crippen LogP contribution in [0.15, 0.2) is 36.7 Å². The predicted molar refractivity (Wildman–Crippen MR) is 146 cm³/mol. The van der Waals surface area contributed by atoms with Crippen molar-refractivity contribution in [1.82, 2.24) is 20.2 Å². The number of ether oxygens (including phenoxy) is 2. The van der Waals surface area contributed by atoms with Gasteiger partial charge in [0, 0.05) is 29.9 Å². The van der Waals surface area contributed by atoms with E-state index in [-0.39, 0.29) is 17.6 Å². The Morgan fingerprint density at radius 3 is 2.76 bits per heavy atom. The Kier molecular flexibility index (Phi) is 7.83. The smallest absolute Gasteiger partial charge is 0.255 e. The molecule has 8 nitrogen and oxygen atoms in total. The van der Waals surface area contributed by atoms with Crippen LogP contribution in [0.4, 0.5) is 15.8 Å². The van der Waals surface area contributed by atoms with Crippen LogP contribution in [0.5, 0.6) is 11.5 Å². The van der Waals surface area contributed by atoms with Gasteiger partial charge >= 0.3 is 0 Å². The minimum absolute atomic E-state index is 0.0845. The van der Waals surface area contributed by atoms with Crippen molar-refractivity contribution in [1.29, 1.82) is 0 Å². The lowest BCUT2D eigenvalue weighted by Gasteiger charge is -2.30. The second kappa shape index (κ2) is 11.4. The van der Waals surface area contributed by atoms with Crippen molar-refractivity contribution < 1.29 is 18.7 Å². The van der Waals surface area contributed by atoms with E-state index in [2.05, 4.69) is 39.3 Å². The molecule has 2 aliphatic rings. The number of fused-ring (bicyclic) bond motifs is 1. The van der Waals surface area contributed by atoms with Gasteiger partial charge < -0.3 is 30.0 Å². The number of para-hydroxylation sites is 1. The standard InChI is InChI=1S/C29H36FN5O3/c1-4-19-15-32-29(36)24-25(19)34-26(27(24)33-22-8-6-7-21(30)28(22)37-3)20-9-12-31-16-23(20)38-17-18-10-13-35(5-2)14-11-18/h6-9,12,16,18-19,33-34H,4-5,10-11,13-15,17H2,1-3H3,(H,32,36). The topological polar surface area (TPSA) is 91.5 Å². The molecule has 202 valence electrons. The molecule has 2 aliphatic heterocycles. The Balaban J connectivity index is 1.53. The minimum atomic E-state index is -0.485. The molecule has 2 aromatic heterocycles. The van der Waals surface area contributed by atoms with Gasteiger partial charge in [0.1, 0.15) is 5.75 Å². The van der Waals surface area contributed by atoms with E-state index in [0.29, 0.717) is 47.5 Å². The molecule has 3 aromatic rings. The Hall–Kier alpha value is -3.59. The van der Waals surface area contributed by atoms with Crippen LogP contribution < -0.4 is 20.1 Å². The van der Waals surface area contributed by atoms with Crippen molar-refractivity contribution in [2.24, 2.45) is 5.92 Å². The second-order valence-electron chi connectivity index (χ2n) is 9.98. The van der Waals surface area contributed by atoms with Crippen LogP contribution in [0.2, 0.25) is 0 Å². The Bertz CT molecular complexity index is 1290. The Morgan fingerprint density at radius 2 is 2.03 bits per heavy atom. The molecule has 4 heterocycles. The monoisotopic (exact) mass is 521 g/mol. The summed E-state index contributed by atoms with van der Waals surface area (Å²) in [5.41, 5.74) is 3.88. The maximum Gasteiger partial charge on any atom is 0.255 e. The number of pyridine rings is 1. The van der Waals surface area contributed by atoms with Gasteiger partial charge in [0.05, 0.1) is 42.5 Å². The summed E-state index contributed by atoms with van der Waals surface area (Å²) in [6.07, 6.45) is 6.49. The van der Waals surface area contributed by atoms with Crippen LogP contribution in [0.1, 0.15) is 55.1 Å². The van der Waals surface area contributed by atoms with Crippen molar-refractivity contribution in [3.05, 3.63) is 53.7 Å². The Morgan fingerprint density at radius 1 is 1.21 bits per heavy atom. The summed E-state index contributed by atoms with van der Waals surface area (Å²) < 4.78 is 26.2. The summed E-state index contributed by atoms with van der Waals surface area (Å²) in [4.78, 5) is 23.5. The largest absolute Gasteiger partial charge is 0.492 e. The van der Waals surface area contributed by atoms with Gasteiger partial charge in [-0.05, 0) is 63.0 Å². The fourth-order valence-electron chi connectivity index (χ4n) is 5.47. The Labute approximate surface area is 222 Å². The van der Waals surface area contributed by atoms with Crippen LogP contribution >= 0.6 is 0 Å². The highest BCUT2D eigenvalue weighted by Gasteiger charge is 2.33. The SMILES string of the molecule is CCC1CNC(=O)c2c1[nH]c(-c1ccncc1OCC1CCN(CC)CC1)c2Nc1cccc(F)c1OC. The number of H-pyrrole nitrogens is 1. The average Bonchev–Trinajstić information content (AvgIpc) is 3.32. The number of aromatic nitrogens is 2. The molecule has 0 bridgehead atoms. The number of aromatic amines is 1. The molecule has 1 saturated heterocycles. The molecular formula is C29H36FN5O3. The van der Waals surface area contributed by atoms with Crippen molar-refractivity contribution in [2.45, 2.75) is 39.0 Å². The first-order valence-electron chi connectivity index (χ1n) is 13.5. The number of carbonyl (C=O) groups is 1. The van der Waals surface area contributed by atoms with E-state index < -0.39 is 5.82 Å². The van der Waals surface area contributed by atoms with E-state index in [9.17, 15) is 9.18 Å². The van der Waals surface area contributed by atoms with Gasteiger partial charge in [-0.1, -0.05) is 19.9 Å². The van der Waals surface area contributed by atoms with Gasteiger partial charge in [-0.3, -0.25) is 9.78 Å². The summed E-state index contributed by atoms with van der Waals surface area (Å²) in [7, 11) is 1.43. The third kappa shape index (κ3) is 5.07. The molecule has 3 N–H and O–H groups in total. The molecule has 0 saturated carbocycles. The number of anilines is 2. The maximum atomic E-state index is 14.5. The molecular weight excluding hydrogens is 485 g/mol. The molecule has 0 spiro atoms. The fraction of sp³-hybridized carbons (Fsp3) is 0.448. The zero-order valence-electron chi connectivity index (χ0n) is 22.3. The van der Waals surface area contributed by atoms with Crippen molar-refractivity contribution in [3.63, 3.8) is 0 Å². The van der Waals surface area contributed by atoms with Gasteiger partial charge in [0.2, 0.25) is 0 Å². The number of halogens is 1. The molecule has 5 rings (SSSR count). The normalized spacial score (nSPS) is 18.1. The molecule has 1 unspecified atom stereocenters. The lowest BCUT2D eigenvalue weighted by atomic mass is 9.94. The summed E-state index contributed by atoms with van der Waals surface area (Å²) in [5, 5.41) is 6.33. The third-order valence-electron chi connectivity index (χ3n) is 7.78. The number of carbonyl (C=O) groups excluding carboxylic acids is 1. The number of hydrogen-bond acceptors (Lipinski definition) is 6. The van der Waals surface area contributed by atoms with Crippen LogP contribution in [0.25, 0.3) is 11.3 Å². The number of methoxy groups -OCH3 is 1. The van der Waals surface area contributed by atoms with E-state index in [1.807, 2.05) is 6.07 Å². The number of benzene rings is 1. The molecule has 1 amide bonds. The minimum Gasteiger partial charge on any atom is -0.492 e. The highest BCUT2D eigenvalue weighted by Crippen LogP contribution is 2.44. The molecule has 1 atom stereocenters. The van der Waals surface area contributed by atoms with Gasteiger partial charge in [-0.2, -0.15) is 0 Å². The second-order valence-corrected chi connectivity index (χ2v) is 9.98. The van der Waals surface area contributed by atoms with Crippen LogP contribution in [0, 0.1) is 11.7 Å². The number of nitrogens with zero attached hydrogens (tertiary/aromatic N) is 2. The fourth-order valence-corrected chi connectivity index (χ4v) is 5.47. The van der Waals surface area contributed by atoms with Gasteiger partial charge in [-0.25, -0.2) is 4.39 Å². The van der Waals surface area contributed by atoms with Crippen LogP contribution in [-0.4, -0.2) is 60.7 Å². The lowest BCUT2D eigenvalue weighted by Crippen LogP contribution is -2.35. The molecule has 38 heavy (non-hydrogen) atoms. The number of likely N-dealkylation sites (tertiary alicyclic amines) is 1. The van der Waals surface area contributed by atoms with Gasteiger partial charge in [0.25, 0.3) is 5.91 Å². The predicted octanol–water partition coefficient (Wildman–Crippen LogP) is 5.32. The van der Waals surface area contributed by atoms with Gasteiger partial charge in [0.15, 0.2) is 11.6 Å². The summed E-state index contributed by atoms with van der Waals surface area (Å²) >= 11 is 0. The first-order chi connectivity index (χ1) is 18.5. The molecule has 1 fully saturated rings. The number of piperidine rings is 1.